The Kier molecular flexibility index (Phi) is 4.35. The number of rotatable bonds is 5. The molecule has 0 spiro atoms. The Bertz CT molecular complexity index is 1230. The Balaban J connectivity index is 1.43. The summed E-state index contributed by atoms with van der Waals surface area (Å²) in [4.78, 5) is 21.6. The zero-order valence-corrected chi connectivity index (χ0v) is 16.2. The molecule has 150 valence electrons. The molecule has 1 aliphatic carbocycles. The summed E-state index contributed by atoms with van der Waals surface area (Å²) < 4.78 is 18.1. The van der Waals surface area contributed by atoms with E-state index in [1.807, 2.05) is 10.8 Å². The summed E-state index contributed by atoms with van der Waals surface area (Å²) in [5, 5.41) is 10.1. The Morgan fingerprint density at radius 3 is 2.70 bits per heavy atom. The molecule has 1 N–H and O–H groups in total. The van der Waals surface area contributed by atoms with Crippen molar-refractivity contribution in [1.82, 2.24) is 29.3 Å². The van der Waals surface area contributed by atoms with Gasteiger partial charge in [0.15, 0.2) is 0 Å². The van der Waals surface area contributed by atoms with Gasteiger partial charge in [-0.25, -0.2) is 14.4 Å². The summed E-state index contributed by atoms with van der Waals surface area (Å²) in [6.45, 7) is 1.81. The van der Waals surface area contributed by atoms with Crippen LogP contribution in [0.3, 0.4) is 0 Å². The molecule has 0 atom stereocenters. The Morgan fingerprint density at radius 2 is 1.93 bits per heavy atom. The van der Waals surface area contributed by atoms with Crippen LogP contribution in [0, 0.1) is 12.7 Å². The van der Waals surface area contributed by atoms with Gasteiger partial charge in [0.05, 0.1) is 23.3 Å². The third-order valence-electron chi connectivity index (χ3n) is 5.07. The smallest absolute Gasteiger partial charge is 0.259 e. The molecule has 3 aromatic heterocycles. The standard InChI is InChI=1S/C21H18FN7O/c1-13-7-16(22)15(8-18(13)28-9-17(23-10-28)14-5-6-14)21(30)27-19-3-2-4-20(26-19)29-11-24-25-12-29/h2-4,7-12,14H,5-6H2,1H3,(H,26,27,30). The summed E-state index contributed by atoms with van der Waals surface area (Å²) in [5.41, 5.74) is 2.40. The van der Waals surface area contributed by atoms with Crippen molar-refractivity contribution in [2.45, 2.75) is 25.7 Å². The highest BCUT2D eigenvalue weighted by molar-refractivity contribution is 6.04. The number of halogens is 1. The van der Waals surface area contributed by atoms with Gasteiger partial charge in [0.1, 0.15) is 30.1 Å². The topological polar surface area (TPSA) is 90.5 Å². The van der Waals surface area contributed by atoms with Crippen LogP contribution in [-0.2, 0) is 0 Å². The fraction of sp³-hybridized carbons (Fsp3) is 0.190. The average molecular weight is 403 g/mol. The first-order valence-electron chi connectivity index (χ1n) is 9.56. The zero-order chi connectivity index (χ0) is 20.7. The molecular weight excluding hydrogens is 385 g/mol. The summed E-state index contributed by atoms with van der Waals surface area (Å²) in [5.74, 6) is 0.176. The van der Waals surface area contributed by atoms with E-state index in [9.17, 15) is 9.18 Å². The average Bonchev–Trinajstić information content (AvgIpc) is 3.23. The van der Waals surface area contributed by atoms with Crippen LogP contribution in [-0.4, -0.2) is 35.2 Å². The highest BCUT2D eigenvalue weighted by atomic mass is 19.1. The van der Waals surface area contributed by atoms with Gasteiger partial charge < -0.3 is 9.88 Å². The molecule has 8 nitrogen and oxygen atoms in total. The number of aromatic nitrogens is 6. The van der Waals surface area contributed by atoms with E-state index < -0.39 is 11.7 Å². The molecule has 3 heterocycles. The van der Waals surface area contributed by atoms with Gasteiger partial charge in [-0.2, -0.15) is 0 Å². The van der Waals surface area contributed by atoms with Crippen LogP contribution in [0.5, 0.6) is 0 Å². The molecule has 1 fully saturated rings. The first-order valence-corrected chi connectivity index (χ1v) is 9.56. The number of hydrogen-bond donors (Lipinski definition) is 1. The molecule has 1 aromatic carbocycles. The summed E-state index contributed by atoms with van der Waals surface area (Å²) in [7, 11) is 0. The number of hydrogen-bond acceptors (Lipinski definition) is 5. The lowest BCUT2D eigenvalue weighted by atomic mass is 10.1. The highest BCUT2D eigenvalue weighted by Gasteiger charge is 2.26. The van der Waals surface area contributed by atoms with Crippen LogP contribution in [0.15, 0.2) is 55.5 Å². The quantitative estimate of drug-likeness (QED) is 0.551. The maximum atomic E-state index is 14.6. The summed E-state index contributed by atoms with van der Waals surface area (Å²) in [6.07, 6.45) is 8.95. The van der Waals surface area contributed by atoms with Crippen molar-refractivity contribution in [3.63, 3.8) is 0 Å². The first kappa shape index (κ1) is 18.2. The molecule has 0 unspecified atom stereocenters. The number of imidazole rings is 1. The monoisotopic (exact) mass is 403 g/mol. The van der Waals surface area contributed by atoms with E-state index in [1.165, 1.54) is 18.7 Å². The number of carbonyl (C=O) groups excluding carboxylic acids is 1. The lowest BCUT2D eigenvalue weighted by molar-refractivity contribution is 0.102. The first-order chi connectivity index (χ1) is 14.6. The molecule has 1 aliphatic rings. The van der Waals surface area contributed by atoms with Crippen LogP contribution >= 0.6 is 0 Å². The maximum Gasteiger partial charge on any atom is 0.259 e. The number of nitrogens with zero attached hydrogens (tertiary/aromatic N) is 6. The molecule has 0 saturated heterocycles. The fourth-order valence-electron chi connectivity index (χ4n) is 3.31. The minimum Gasteiger partial charge on any atom is -0.306 e. The number of pyridine rings is 1. The molecule has 30 heavy (non-hydrogen) atoms. The van der Waals surface area contributed by atoms with Gasteiger partial charge in [-0.05, 0) is 49.6 Å². The molecule has 9 heteroatoms. The van der Waals surface area contributed by atoms with E-state index in [2.05, 4.69) is 25.5 Å². The lowest BCUT2D eigenvalue weighted by Crippen LogP contribution is -2.16. The van der Waals surface area contributed by atoms with E-state index in [4.69, 9.17) is 0 Å². The predicted molar refractivity (Wildman–Crippen MR) is 107 cm³/mol. The Hall–Kier alpha value is -3.88. The number of aryl methyl sites for hydroxylation is 1. The van der Waals surface area contributed by atoms with Crippen LogP contribution in [0.2, 0.25) is 0 Å². The number of amides is 1. The van der Waals surface area contributed by atoms with Crippen molar-refractivity contribution in [3.8, 4) is 11.5 Å². The number of carbonyl (C=O) groups is 1. The van der Waals surface area contributed by atoms with Gasteiger partial charge in [0, 0.05) is 12.1 Å². The third-order valence-corrected chi connectivity index (χ3v) is 5.07. The van der Waals surface area contributed by atoms with Crippen molar-refractivity contribution in [2.75, 3.05) is 5.32 Å². The second kappa shape index (κ2) is 7.18. The molecule has 0 radical (unpaired) electrons. The van der Waals surface area contributed by atoms with Gasteiger partial charge in [0.2, 0.25) is 0 Å². The summed E-state index contributed by atoms with van der Waals surface area (Å²) in [6, 6.07) is 8.03. The number of anilines is 1. The van der Waals surface area contributed by atoms with Gasteiger partial charge in [0.25, 0.3) is 5.91 Å². The van der Waals surface area contributed by atoms with Crippen molar-refractivity contribution in [2.24, 2.45) is 0 Å². The molecule has 0 bridgehead atoms. The largest absolute Gasteiger partial charge is 0.306 e. The highest BCUT2D eigenvalue weighted by Crippen LogP contribution is 2.39. The number of benzene rings is 1. The molecule has 4 aromatic rings. The van der Waals surface area contributed by atoms with E-state index in [-0.39, 0.29) is 5.56 Å². The normalized spacial score (nSPS) is 13.4. The number of nitrogens with one attached hydrogen (secondary N) is 1. The summed E-state index contributed by atoms with van der Waals surface area (Å²) >= 11 is 0. The van der Waals surface area contributed by atoms with Crippen molar-refractivity contribution < 1.29 is 9.18 Å². The van der Waals surface area contributed by atoms with Gasteiger partial charge in [-0.3, -0.25) is 9.36 Å². The fourth-order valence-corrected chi connectivity index (χ4v) is 3.31. The predicted octanol–water partition coefficient (Wildman–Crippen LogP) is 3.43. The van der Waals surface area contributed by atoms with Gasteiger partial charge >= 0.3 is 0 Å². The minimum atomic E-state index is -0.591. The molecular formula is C21H18FN7O. The van der Waals surface area contributed by atoms with Crippen molar-refractivity contribution >= 4 is 11.7 Å². The molecule has 0 aliphatic heterocycles. The lowest BCUT2D eigenvalue weighted by Gasteiger charge is -2.12. The zero-order valence-electron chi connectivity index (χ0n) is 16.2. The van der Waals surface area contributed by atoms with Crippen molar-refractivity contribution in [3.05, 3.63) is 78.1 Å². The Morgan fingerprint density at radius 1 is 1.13 bits per heavy atom. The van der Waals surface area contributed by atoms with E-state index in [1.54, 1.807) is 42.1 Å². The van der Waals surface area contributed by atoms with Gasteiger partial charge in [-0.1, -0.05) is 6.07 Å². The van der Waals surface area contributed by atoms with Crippen molar-refractivity contribution in [1.29, 1.82) is 0 Å². The van der Waals surface area contributed by atoms with Crippen LogP contribution in [0.25, 0.3) is 11.5 Å². The second-order valence-electron chi connectivity index (χ2n) is 7.30. The molecule has 1 amide bonds. The minimum absolute atomic E-state index is 0.0613. The van der Waals surface area contributed by atoms with E-state index in [0.717, 1.165) is 24.1 Å². The van der Waals surface area contributed by atoms with E-state index >= 15 is 0 Å². The molecule has 5 rings (SSSR count). The van der Waals surface area contributed by atoms with Crippen LogP contribution < -0.4 is 5.32 Å². The maximum absolute atomic E-state index is 14.6. The molecule has 1 saturated carbocycles. The Labute approximate surface area is 171 Å². The van der Waals surface area contributed by atoms with E-state index in [0.29, 0.717) is 23.2 Å². The SMILES string of the molecule is Cc1cc(F)c(C(=O)Nc2cccc(-n3cnnc3)n2)cc1-n1cnc(C2CC2)c1. The van der Waals surface area contributed by atoms with Crippen LogP contribution in [0.4, 0.5) is 10.2 Å². The third kappa shape index (κ3) is 3.45. The van der Waals surface area contributed by atoms with Crippen LogP contribution in [0.1, 0.15) is 40.4 Å². The second-order valence-corrected chi connectivity index (χ2v) is 7.30. The van der Waals surface area contributed by atoms with Gasteiger partial charge in [-0.15, -0.1) is 10.2 Å².